The summed E-state index contributed by atoms with van der Waals surface area (Å²) in [5.74, 6) is -6.60. The van der Waals surface area contributed by atoms with E-state index >= 15 is 13.2 Å². The van der Waals surface area contributed by atoms with E-state index in [0.717, 1.165) is 36.5 Å². The first-order chi connectivity index (χ1) is 21.6. The Morgan fingerprint density at radius 2 is 1.33 bits per heavy atom. The van der Waals surface area contributed by atoms with Crippen molar-refractivity contribution in [3.8, 4) is 16.9 Å². The fraction of sp³-hybridized carbons (Fsp3) is 0.514. The number of halogens is 7. The SMILES string of the molecule is CCCCCCC1CCC(c2ccc(C3CCC(C(F)(F)Oc4ccc(-c5cc(F)c(F)c(F)c5)c(F)c4)CC3)c(F)c2)CC1. The van der Waals surface area contributed by atoms with Crippen molar-refractivity contribution in [1.82, 2.24) is 0 Å². The van der Waals surface area contributed by atoms with Gasteiger partial charge in [-0.25, -0.2) is 22.0 Å². The summed E-state index contributed by atoms with van der Waals surface area (Å²) in [6.07, 6.45) is 8.31. The van der Waals surface area contributed by atoms with Crippen LogP contribution < -0.4 is 4.74 Å². The molecule has 0 spiro atoms. The summed E-state index contributed by atoms with van der Waals surface area (Å²) in [4.78, 5) is 0. The summed E-state index contributed by atoms with van der Waals surface area (Å²) in [5.41, 5.74) is 1.03. The molecule has 2 saturated carbocycles. The van der Waals surface area contributed by atoms with E-state index in [0.29, 0.717) is 42.5 Å². The number of hydrogen-bond donors (Lipinski definition) is 0. The van der Waals surface area contributed by atoms with Crippen LogP contribution in [-0.4, -0.2) is 6.11 Å². The van der Waals surface area contributed by atoms with E-state index in [1.165, 1.54) is 44.9 Å². The first kappa shape index (κ1) is 33.3. The van der Waals surface area contributed by atoms with Crippen molar-refractivity contribution in [2.75, 3.05) is 0 Å². The van der Waals surface area contributed by atoms with Gasteiger partial charge in [-0.3, -0.25) is 0 Å². The molecule has 0 aliphatic heterocycles. The topological polar surface area (TPSA) is 9.23 Å². The van der Waals surface area contributed by atoms with Crippen LogP contribution in [0.25, 0.3) is 11.1 Å². The number of rotatable bonds is 11. The molecule has 244 valence electrons. The van der Waals surface area contributed by atoms with Gasteiger partial charge in [-0.1, -0.05) is 51.2 Å². The first-order valence-corrected chi connectivity index (χ1v) is 16.4. The summed E-state index contributed by atoms with van der Waals surface area (Å²) in [5, 5.41) is 0. The lowest BCUT2D eigenvalue weighted by molar-refractivity contribution is -0.222. The highest BCUT2D eigenvalue weighted by Crippen LogP contribution is 2.45. The van der Waals surface area contributed by atoms with Crippen molar-refractivity contribution in [2.24, 2.45) is 11.8 Å². The summed E-state index contributed by atoms with van der Waals surface area (Å²) in [7, 11) is 0. The maximum absolute atomic E-state index is 15.3. The second-order valence-corrected chi connectivity index (χ2v) is 13.0. The lowest BCUT2D eigenvalue weighted by Crippen LogP contribution is -2.37. The van der Waals surface area contributed by atoms with Crippen LogP contribution in [-0.2, 0) is 0 Å². The lowest BCUT2D eigenvalue weighted by Gasteiger charge is -2.34. The van der Waals surface area contributed by atoms with Gasteiger partial charge in [-0.2, -0.15) is 8.78 Å². The third-order valence-electron chi connectivity index (χ3n) is 9.94. The van der Waals surface area contributed by atoms with Gasteiger partial charge in [0.15, 0.2) is 17.5 Å². The molecule has 0 radical (unpaired) electrons. The Balaban J connectivity index is 1.14. The maximum atomic E-state index is 15.3. The van der Waals surface area contributed by atoms with Crippen molar-refractivity contribution < 1.29 is 35.5 Å². The highest BCUT2D eigenvalue weighted by atomic mass is 19.3. The van der Waals surface area contributed by atoms with E-state index < -0.39 is 41.0 Å². The molecule has 0 N–H and O–H groups in total. The summed E-state index contributed by atoms with van der Waals surface area (Å²) in [6.45, 7) is 2.22. The number of ether oxygens (including phenoxy) is 1. The first-order valence-electron chi connectivity index (χ1n) is 16.4. The fourth-order valence-electron chi connectivity index (χ4n) is 7.26. The van der Waals surface area contributed by atoms with Gasteiger partial charge in [0, 0.05) is 11.6 Å². The predicted octanol–water partition coefficient (Wildman–Crippen LogP) is 12.2. The minimum absolute atomic E-state index is 0.107. The number of alkyl halides is 2. The second-order valence-electron chi connectivity index (χ2n) is 13.0. The molecule has 0 unspecified atom stereocenters. The van der Waals surface area contributed by atoms with Gasteiger partial charge in [-0.05, 0) is 116 Å². The standard InChI is InChI=1S/C37H41F7O/c1-2-3-4-5-6-23-7-9-24(10-8-23)26-13-17-30(32(38)19-26)25-11-14-28(15-12-25)37(43,44)45-29-16-18-31(33(39)22-29)27-20-34(40)36(42)35(41)21-27/h13,16-25,28H,2-12,14-15H2,1H3. The molecule has 2 fully saturated rings. The largest absolute Gasteiger partial charge is 0.432 e. The highest BCUT2D eigenvalue weighted by molar-refractivity contribution is 5.65. The highest BCUT2D eigenvalue weighted by Gasteiger charge is 2.44. The Hall–Kier alpha value is -3.03. The third-order valence-corrected chi connectivity index (χ3v) is 9.94. The van der Waals surface area contributed by atoms with E-state index in [4.69, 9.17) is 4.74 Å². The second kappa shape index (κ2) is 14.6. The molecule has 3 aromatic carbocycles. The quantitative estimate of drug-likeness (QED) is 0.116. The Labute approximate surface area is 261 Å². The van der Waals surface area contributed by atoms with Crippen LogP contribution in [0.1, 0.15) is 113 Å². The Morgan fingerprint density at radius 1 is 0.667 bits per heavy atom. The lowest BCUT2D eigenvalue weighted by atomic mass is 9.75. The summed E-state index contributed by atoms with van der Waals surface area (Å²) >= 11 is 0. The molecule has 0 bridgehead atoms. The van der Waals surface area contributed by atoms with Crippen molar-refractivity contribution in [2.45, 2.75) is 108 Å². The van der Waals surface area contributed by atoms with Crippen LogP contribution in [0.3, 0.4) is 0 Å². The number of unbranched alkanes of at least 4 members (excludes halogenated alkanes) is 3. The molecule has 1 nitrogen and oxygen atoms in total. The van der Waals surface area contributed by atoms with E-state index in [-0.39, 0.29) is 35.7 Å². The van der Waals surface area contributed by atoms with Crippen LogP contribution in [0.4, 0.5) is 30.7 Å². The van der Waals surface area contributed by atoms with Gasteiger partial charge in [0.25, 0.3) is 0 Å². The van der Waals surface area contributed by atoms with Crippen molar-refractivity contribution in [3.05, 3.63) is 88.7 Å². The molecule has 0 atom stereocenters. The molecule has 8 heteroatoms. The molecule has 2 aliphatic carbocycles. The normalized spacial score (nSPS) is 22.4. The molecular weight excluding hydrogens is 593 g/mol. The van der Waals surface area contributed by atoms with Crippen LogP contribution in [0, 0.1) is 40.9 Å². The minimum atomic E-state index is -3.61. The zero-order chi connectivity index (χ0) is 32.1. The molecule has 2 aliphatic rings. The van der Waals surface area contributed by atoms with E-state index in [1.54, 1.807) is 6.07 Å². The minimum Gasteiger partial charge on any atom is -0.432 e. The zero-order valence-corrected chi connectivity index (χ0v) is 25.7. The zero-order valence-electron chi connectivity index (χ0n) is 25.7. The molecule has 0 heterocycles. The average Bonchev–Trinajstić information content (AvgIpc) is 3.02. The number of benzene rings is 3. The van der Waals surface area contributed by atoms with Gasteiger partial charge in [0.2, 0.25) is 0 Å². The Bertz CT molecular complexity index is 1420. The molecule has 0 amide bonds. The Kier molecular flexibility index (Phi) is 10.8. The Morgan fingerprint density at radius 3 is 1.96 bits per heavy atom. The van der Waals surface area contributed by atoms with Gasteiger partial charge < -0.3 is 4.74 Å². The van der Waals surface area contributed by atoms with Gasteiger partial charge in [0.05, 0.1) is 5.92 Å². The van der Waals surface area contributed by atoms with Crippen molar-refractivity contribution in [1.29, 1.82) is 0 Å². The van der Waals surface area contributed by atoms with Crippen LogP contribution >= 0.6 is 0 Å². The van der Waals surface area contributed by atoms with E-state index in [9.17, 15) is 17.6 Å². The molecule has 5 rings (SSSR count). The van der Waals surface area contributed by atoms with Gasteiger partial charge >= 0.3 is 6.11 Å². The predicted molar refractivity (Wildman–Crippen MR) is 162 cm³/mol. The van der Waals surface area contributed by atoms with Crippen molar-refractivity contribution in [3.63, 3.8) is 0 Å². The van der Waals surface area contributed by atoms with E-state index in [1.807, 2.05) is 12.1 Å². The fourth-order valence-corrected chi connectivity index (χ4v) is 7.26. The van der Waals surface area contributed by atoms with Crippen molar-refractivity contribution >= 4 is 0 Å². The summed E-state index contributed by atoms with van der Waals surface area (Å²) < 4.78 is 106. The molecule has 0 saturated heterocycles. The van der Waals surface area contributed by atoms with E-state index in [2.05, 4.69) is 6.92 Å². The van der Waals surface area contributed by atoms with Gasteiger partial charge in [0.1, 0.15) is 17.4 Å². The average molecular weight is 635 g/mol. The van der Waals surface area contributed by atoms with Crippen LogP contribution in [0.2, 0.25) is 0 Å². The molecule has 45 heavy (non-hydrogen) atoms. The smallest absolute Gasteiger partial charge is 0.400 e. The van der Waals surface area contributed by atoms with Gasteiger partial charge in [-0.15, -0.1) is 0 Å². The summed E-state index contributed by atoms with van der Waals surface area (Å²) in [6, 6.07) is 9.60. The van der Waals surface area contributed by atoms with Crippen LogP contribution in [0.15, 0.2) is 48.5 Å². The maximum Gasteiger partial charge on any atom is 0.400 e. The van der Waals surface area contributed by atoms with Crippen LogP contribution in [0.5, 0.6) is 5.75 Å². The monoisotopic (exact) mass is 634 g/mol. The third kappa shape index (κ3) is 8.04. The number of hydrogen-bond acceptors (Lipinski definition) is 1. The molecular formula is C37H41F7O. The molecule has 0 aromatic heterocycles. The molecule has 3 aromatic rings.